The Bertz CT molecular complexity index is 291. The molecule has 0 radical (unpaired) electrons. The Hall–Kier alpha value is -0.580. The average molecular weight is 246 g/mol. The zero-order valence-corrected chi connectivity index (χ0v) is 8.66. The highest BCUT2D eigenvalue weighted by molar-refractivity contribution is 9.10. The molecule has 13 heavy (non-hydrogen) atoms. The zero-order valence-electron chi connectivity index (χ0n) is 7.07. The van der Waals surface area contributed by atoms with E-state index in [0.29, 0.717) is 12.0 Å². The molecule has 0 heterocycles. The second-order valence-corrected chi connectivity index (χ2v) is 3.74. The van der Waals surface area contributed by atoms with E-state index in [1.165, 1.54) is 0 Å². The third kappa shape index (κ3) is 2.69. The minimum absolute atomic E-state index is 0.0245. The first-order valence-electron chi connectivity index (χ1n) is 4.00. The summed E-state index contributed by atoms with van der Waals surface area (Å²) in [7, 11) is 0. The third-order valence-corrected chi connectivity index (χ3v) is 2.33. The van der Waals surface area contributed by atoms with Gasteiger partial charge in [0.2, 0.25) is 0 Å². The maximum absolute atomic E-state index is 9.50. The molecule has 1 aromatic carbocycles. The maximum Gasteiger partial charge on any atom is 0.121 e. The molecule has 0 spiro atoms. The van der Waals surface area contributed by atoms with Crippen LogP contribution in [-0.2, 0) is 0 Å². The van der Waals surface area contributed by atoms with Gasteiger partial charge in [-0.15, -0.1) is 0 Å². The number of halogens is 1. The Morgan fingerprint density at radius 3 is 2.69 bits per heavy atom. The molecule has 3 nitrogen and oxygen atoms in total. The lowest BCUT2D eigenvalue weighted by Gasteiger charge is -2.12. The summed E-state index contributed by atoms with van der Waals surface area (Å²) in [5, 5.41) is 18.2. The number of phenolic OH excluding ortho intramolecular Hbond substituents is 1. The smallest absolute Gasteiger partial charge is 0.121 e. The van der Waals surface area contributed by atoms with Crippen LogP contribution in [0.15, 0.2) is 22.7 Å². The van der Waals surface area contributed by atoms with Crippen molar-refractivity contribution >= 4 is 15.9 Å². The lowest BCUT2D eigenvalue weighted by Crippen LogP contribution is -2.11. The summed E-state index contributed by atoms with van der Waals surface area (Å²) in [6, 6.07) is 4.84. The van der Waals surface area contributed by atoms with E-state index in [2.05, 4.69) is 15.9 Å². The highest BCUT2D eigenvalue weighted by atomic mass is 79.9. The lowest BCUT2D eigenvalue weighted by atomic mass is 10.0. The quantitative estimate of drug-likeness (QED) is 0.757. The van der Waals surface area contributed by atoms with Gasteiger partial charge in [0.25, 0.3) is 0 Å². The van der Waals surface area contributed by atoms with Gasteiger partial charge in [-0.1, -0.05) is 22.0 Å². The summed E-state index contributed by atoms with van der Waals surface area (Å²) in [5.41, 5.74) is 6.39. The van der Waals surface area contributed by atoms with E-state index in [4.69, 9.17) is 10.8 Å². The van der Waals surface area contributed by atoms with Crippen LogP contribution in [0.3, 0.4) is 0 Å². The molecular weight excluding hydrogens is 234 g/mol. The van der Waals surface area contributed by atoms with Gasteiger partial charge in [-0.3, -0.25) is 0 Å². The predicted molar refractivity (Wildman–Crippen MR) is 54.4 cm³/mol. The molecular formula is C9H12BrNO2. The lowest BCUT2D eigenvalue weighted by molar-refractivity contribution is 0.275. The third-order valence-electron chi connectivity index (χ3n) is 1.83. The number of nitrogens with two attached hydrogens (primary N) is 1. The molecule has 0 amide bonds. The van der Waals surface area contributed by atoms with Crippen LogP contribution in [0, 0.1) is 0 Å². The number of aliphatic hydroxyl groups is 1. The maximum atomic E-state index is 9.50. The van der Waals surface area contributed by atoms with Gasteiger partial charge >= 0.3 is 0 Å². The normalized spacial score (nSPS) is 12.8. The summed E-state index contributed by atoms with van der Waals surface area (Å²) in [5.74, 6) is 0.162. The van der Waals surface area contributed by atoms with Crippen molar-refractivity contribution in [3.63, 3.8) is 0 Å². The van der Waals surface area contributed by atoms with Gasteiger partial charge in [-0.2, -0.15) is 0 Å². The van der Waals surface area contributed by atoms with Gasteiger partial charge in [-0.25, -0.2) is 0 Å². The van der Waals surface area contributed by atoms with E-state index >= 15 is 0 Å². The van der Waals surface area contributed by atoms with E-state index in [-0.39, 0.29) is 18.4 Å². The average Bonchev–Trinajstić information content (AvgIpc) is 2.04. The molecule has 1 rings (SSSR count). The Kier molecular flexibility index (Phi) is 3.71. The van der Waals surface area contributed by atoms with Gasteiger partial charge in [0.15, 0.2) is 0 Å². The standard InChI is InChI=1S/C9H12BrNO2/c10-6-1-2-7(9(13)5-6)8(11)3-4-12/h1-2,5,8,12-13H,3-4,11H2/t8-/m0/s1. The number of hydrogen-bond donors (Lipinski definition) is 3. The zero-order chi connectivity index (χ0) is 9.84. The van der Waals surface area contributed by atoms with Crippen molar-refractivity contribution in [2.75, 3.05) is 6.61 Å². The number of benzene rings is 1. The van der Waals surface area contributed by atoms with Crippen LogP contribution in [0.2, 0.25) is 0 Å². The SMILES string of the molecule is N[C@@H](CCO)c1ccc(Br)cc1O. The Balaban J connectivity index is 2.88. The molecule has 0 unspecified atom stereocenters. The van der Waals surface area contributed by atoms with Crippen molar-refractivity contribution in [3.05, 3.63) is 28.2 Å². The highest BCUT2D eigenvalue weighted by Gasteiger charge is 2.09. The Morgan fingerprint density at radius 1 is 1.46 bits per heavy atom. The fourth-order valence-corrected chi connectivity index (χ4v) is 1.47. The van der Waals surface area contributed by atoms with Gasteiger partial charge in [0, 0.05) is 22.7 Å². The molecule has 0 saturated heterocycles. The summed E-state index contributed by atoms with van der Waals surface area (Å²) < 4.78 is 0.810. The van der Waals surface area contributed by atoms with E-state index in [1.807, 2.05) is 6.07 Å². The van der Waals surface area contributed by atoms with E-state index in [9.17, 15) is 5.11 Å². The molecule has 0 aromatic heterocycles. The van der Waals surface area contributed by atoms with Crippen LogP contribution < -0.4 is 5.73 Å². The molecule has 4 N–H and O–H groups in total. The van der Waals surface area contributed by atoms with Crippen LogP contribution in [-0.4, -0.2) is 16.8 Å². The van der Waals surface area contributed by atoms with E-state index in [1.54, 1.807) is 12.1 Å². The highest BCUT2D eigenvalue weighted by Crippen LogP contribution is 2.27. The van der Waals surface area contributed by atoms with Crippen molar-refractivity contribution < 1.29 is 10.2 Å². The minimum Gasteiger partial charge on any atom is -0.508 e. The monoisotopic (exact) mass is 245 g/mol. The van der Waals surface area contributed by atoms with Gasteiger partial charge in [0.1, 0.15) is 5.75 Å². The largest absolute Gasteiger partial charge is 0.508 e. The molecule has 0 aliphatic carbocycles. The molecule has 0 aliphatic rings. The van der Waals surface area contributed by atoms with Gasteiger partial charge < -0.3 is 15.9 Å². The van der Waals surface area contributed by atoms with E-state index < -0.39 is 0 Å². The van der Waals surface area contributed by atoms with Crippen molar-refractivity contribution in [2.24, 2.45) is 5.73 Å². The molecule has 1 aromatic rings. The second kappa shape index (κ2) is 4.60. The summed E-state index contributed by atoms with van der Waals surface area (Å²) in [6.45, 7) is 0.0245. The number of phenols is 1. The van der Waals surface area contributed by atoms with E-state index in [0.717, 1.165) is 4.47 Å². The van der Waals surface area contributed by atoms with Crippen LogP contribution in [0.4, 0.5) is 0 Å². The molecule has 0 fully saturated rings. The summed E-state index contributed by atoms with van der Waals surface area (Å²) in [4.78, 5) is 0. The molecule has 0 bridgehead atoms. The number of hydrogen-bond acceptors (Lipinski definition) is 3. The second-order valence-electron chi connectivity index (χ2n) is 2.82. The van der Waals surface area contributed by atoms with Crippen LogP contribution >= 0.6 is 15.9 Å². The predicted octanol–water partition coefficient (Wildman–Crippen LogP) is 1.54. The van der Waals surface area contributed by atoms with Crippen molar-refractivity contribution in [1.82, 2.24) is 0 Å². The van der Waals surface area contributed by atoms with Gasteiger partial charge in [0.05, 0.1) is 0 Å². The molecule has 72 valence electrons. The summed E-state index contributed by atoms with van der Waals surface area (Å²) >= 11 is 3.23. The Labute approximate surface area is 85.3 Å². The molecule has 0 aliphatic heterocycles. The first-order chi connectivity index (χ1) is 6.15. The number of rotatable bonds is 3. The summed E-state index contributed by atoms with van der Waals surface area (Å²) in [6.07, 6.45) is 0.454. The molecule has 4 heteroatoms. The van der Waals surface area contributed by atoms with Crippen LogP contribution in [0.1, 0.15) is 18.0 Å². The minimum atomic E-state index is -0.307. The van der Waals surface area contributed by atoms with Crippen LogP contribution in [0.25, 0.3) is 0 Å². The molecule has 0 saturated carbocycles. The topological polar surface area (TPSA) is 66.5 Å². The van der Waals surface area contributed by atoms with Crippen molar-refractivity contribution in [2.45, 2.75) is 12.5 Å². The fourth-order valence-electron chi connectivity index (χ4n) is 1.12. The Morgan fingerprint density at radius 2 is 2.15 bits per heavy atom. The first kappa shape index (κ1) is 10.5. The van der Waals surface area contributed by atoms with Crippen molar-refractivity contribution in [1.29, 1.82) is 0 Å². The number of aromatic hydroxyl groups is 1. The fraction of sp³-hybridized carbons (Fsp3) is 0.333. The molecule has 1 atom stereocenters. The number of aliphatic hydroxyl groups excluding tert-OH is 1. The van der Waals surface area contributed by atoms with Gasteiger partial charge in [-0.05, 0) is 18.6 Å². The van der Waals surface area contributed by atoms with Crippen LogP contribution in [0.5, 0.6) is 5.75 Å². The first-order valence-corrected chi connectivity index (χ1v) is 4.79. The van der Waals surface area contributed by atoms with Crippen molar-refractivity contribution in [3.8, 4) is 5.75 Å².